The van der Waals surface area contributed by atoms with E-state index in [-0.39, 0.29) is 12.2 Å². The summed E-state index contributed by atoms with van der Waals surface area (Å²) in [5.74, 6) is 0.103. The maximum absolute atomic E-state index is 11.3. The van der Waals surface area contributed by atoms with Gasteiger partial charge in [0.2, 0.25) is 0 Å². The van der Waals surface area contributed by atoms with Crippen LogP contribution in [0.1, 0.15) is 33.1 Å². The molecule has 1 aliphatic rings. The fourth-order valence-electron chi connectivity index (χ4n) is 1.52. The Bertz CT molecular complexity index is 261. The molecule has 2 heteroatoms. The van der Waals surface area contributed by atoms with E-state index >= 15 is 0 Å². The number of rotatable bonds is 3. The maximum atomic E-state index is 11.3. The smallest absolute Gasteiger partial charge is 0.162 e. The molecule has 0 saturated carbocycles. The van der Waals surface area contributed by atoms with Crippen molar-refractivity contribution in [3.8, 4) is 0 Å². The lowest BCUT2D eigenvalue weighted by molar-refractivity contribution is -0.115. The first-order chi connectivity index (χ1) is 6.16. The number of allylic oxidation sites excluding steroid dienone is 3. The number of Topliss-reactive ketones (excluding diaryl/α,β-unsaturated/α-hetero) is 1. The molecule has 13 heavy (non-hydrogen) atoms. The molecule has 0 heterocycles. The highest BCUT2D eigenvalue weighted by Gasteiger charge is 2.26. The molecular weight excluding hydrogens is 164 g/mol. The van der Waals surface area contributed by atoms with Gasteiger partial charge in [0.25, 0.3) is 0 Å². The second-order valence-corrected chi connectivity index (χ2v) is 3.39. The Morgan fingerprint density at radius 3 is 2.69 bits per heavy atom. The van der Waals surface area contributed by atoms with Crippen LogP contribution >= 0.6 is 0 Å². The van der Waals surface area contributed by atoms with E-state index in [2.05, 4.69) is 6.92 Å². The Labute approximate surface area is 79.0 Å². The van der Waals surface area contributed by atoms with E-state index in [4.69, 9.17) is 0 Å². The van der Waals surface area contributed by atoms with Crippen molar-refractivity contribution in [1.29, 1.82) is 0 Å². The first-order valence-corrected chi connectivity index (χ1v) is 4.72. The molecule has 1 aliphatic carbocycles. The third-order valence-electron chi connectivity index (χ3n) is 2.42. The van der Waals surface area contributed by atoms with Gasteiger partial charge < -0.3 is 5.11 Å². The molecule has 0 bridgehead atoms. The molecule has 1 atom stereocenters. The molecule has 1 unspecified atom stereocenters. The minimum atomic E-state index is -0.530. The summed E-state index contributed by atoms with van der Waals surface area (Å²) in [6, 6.07) is 0. The second kappa shape index (κ2) is 4.38. The van der Waals surface area contributed by atoms with Gasteiger partial charge in [-0.05, 0) is 25.3 Å². The minimum absolute atomic E-state index is 0.103. The van der Waals surface area contributed by atoms with E-state index in [1.807, 2.05) is 19.1 Å². The number of hydrogen-bond acceptors (Lipinski definition) is 2. The first-order valence-electron chi connectivity index (χ1n) is 4.72. The molecule has 0 aromatic rings. The molecular formula is C11H16O2. The van der Waals surface area contributed by atoms with Crippen LogP contribution in [-0.2, 0) is 4.79 Å². The van der Waals surface area contributed by atoms with E-state index < -0.39 is 6.10 Å². The molecule has 0 aliphatic heterocycles. The average Bonchev–Trinajstić information content (AvgIpc) is 2.32. The van der Waals surface area contributed by atoms with Crippen molar-refractivity contribution < 1.29 is 9.90 Å². The molecule has 0 radical (unpaired) electrons. The Balaban J connectivity index is 2.66. The monoisotopic (exact) mass is 180 g/mol. The van der Waals surface area contributed by atoms with Gasteiger partial charge in [0.05, 0.1) is 6.10 Å². The molecule has 0 aromatic carbocycles. The summed E-state index contributed by atoms with van der Waals surface area (Å²) in [6.45, 7) is 3.90. The average molecular weight is 180 g/mol. The molecule has 0 saturated heterocycles. The van der Waals surface area contributed by atoms with E-state index in [9.17, 15) is 9.90 Å². The fraction of sp³-hybridized carbons (Fsp3) is 0.545. The first kappa shape index (κ1) is 10.2. The third-order valence-corrected chi connectivity index (χ3v) is 2.42. The highest BCUT2D eigenvalue weighted by molar-refractivity contribution is 5.99. The van der Waals surface area contributed by atoms with Crippen LogP contribution in [0.4, 0.5) is 0 Å². The lowest BCUT2D eigenvalue weighted by Crippen LogP contribution is -2.03. The van der Waals surface area contributed by atoms with Crippen LogP contribution in [0.25, 0.3) is 0 Å². The number of carbonyl (C=O) groups is 1. The van der Waals surface area contributed by atoms with Gasteiger partial charge in [-0.2, -0.15) is 0 Å². The molecule has 0 aromatic heterocycles. The second-order valence-electron chi connectivity index (χ2n) is 3.39. The Morgan fingerprint density at radius 1 is 1.54 bits per heavy atom. The number of carbonyl (C=O) groups excluding carboxylic acids is 1. The van der Waals surface area contributed by atoms with Crippen LogP contribution < -0.4 is 0 Å². The highest BCUT2D eigenvalue weighted by atomic mass is 16.3. The summed E-state index contributed by atoms with van der Waals surface area (Å²) < 4.78 is 0. The predicted octanol–water partition coefficient (Wildman–Crippen LogP) is 1.99. The SMILES string of the molecule is CC/C=C/CC1=C(C)C(O)CC1=O. The summed E-state index contributed by atoms with van der Waals surface area (Å²) in [4.78, 5) is 11.3. The largest absolute Gasteiger partial charge is 0.388 e. The number of hydrogen-bond donors (Lipinski definition) is 1. The molecule has 2 nitrogen and oxygen atoms in total. The van der Waals surface area contributed by atoms with Crippen molar-refractivity contribution in [2.75, 3.05) is 0 Å². The van der Waals surface area contributed by atoms with Gasteiger partial charge in [0, 0.05) is 12.0 Å². The molecule has 0 amide bonds. The van der Waals surface area contributed by atoms with Crippen molar-refractivity contribution in [3.05, 3.63) is 23.3 Å². The van der Waals surface area contributed by atoms with Crippen molar-refractivity contribution in [3.63, 3.8) is 0 Å². The standard InChI is InChI=1S/C11H16O2/c1-3-4-5-6-9-8(2)10(12)7-11(9)13/h4-5,10,12H,3,6-7H2,1-2H3/b5-4+. The van der Waals surface area contributed by atoms with Gasteiger partial charge in [-0.15, -0.1) is 0 Å². The Morgan fingerprint density at radius 2 is 2.23 bits per heavy atom. The van der Waals surface area contributed by atoms with E-state index in [0.29, 0.717) is 6.42 Å². The van der Waals surface area contributed by atoms with E-state index in [1.165, 1.54) is 0 Å². The lowest BCUT2D eigenvalue weighted by atomic mass is 10.1. The van der Waals surface area contributed by atoms with Gasteiger partial charge in [-0.1, -0.05) is 19.1 Å². The summed E-state index contributed by atoms with van der Waals surface area (Å²) in [5, 5.41) is 9.39. The summed E-state index contributed by atoms with van der Waals surface area (Å²) in [6.07, 6.45) is 5.45. The van der Waals surface area contributed by atoms with Crippen LogP contribution in [-0.4, -0.2) is 17.0 Å². The Kier molecular flexibility index (Phi) is 3.43. The maximum Gasteiger partial charge on any atom is 0.162 e. The van der Waals surface area contributed by atoms with Crippen molar-refractivity contribution in [2.24, 2.45) is 0 Å². The van der Waals surface area contributed by atoms with Gasteiger partial charge >= 0.3 is 0 Å². The molecule has 0 spiro atoms. The van der Waals surface area contributed by atoms with Crippen LogP contribution in [0.2, 0.25) is 0 Å². The zero-order chi connectivity index (χ0) is 9.84. The fourth-order valence-corrected chi connectivity index (χ4v) is 1.52. The van der Waals surface area contributed by atoms with Crippen LogP contribution in [0.5, 0.6) is 0 Å². The summed E-state index contributed by atoms with van der Waals surface area (Å²) in [7, 11) is 0. The zero-order valence-corrected chi connectivity index (χ0v) is 8.21. The lowest BCUT2D eigenvalue weighted by Gasteiger charge is -2.00. The van der Waals surface area contributed by atoms with Gasteiger partial charge in [-0.25, -0.2) is 0 Å². The van der Waals surface area contributed by atoms with Crippen LogP contribution in [0.3, 0.4) is 0 Å². The molecule has 1 rings (SSSR count). The normalized spacial score (nSPS) is 23.6. The van der Waals surface area contributed by atoms with E-state index in [1.54, 1.807) is 0 Å². The van der Waals surface area contributed by atoms with Gasteiger partial charge in [0.15, 0.2) is 5.78 Å². The zero-order valence-electron chi connectivity index (χ0n) is 8.21. The highest BCUT2D eigenvalue weighted by Crippen LogP contribution is 2.25. The molecule has 0 fully saturated rings. The Hall–Kier alpha value is -0.890. The van der Waals surface area contributed by atoms with Gasteiger partial charge in [0.1, 0.15) is 0 Å². The predicted molar refractivity (Wildman–Crippen MR) is 52.4 cm³/mol. The third kappa shape index (κ3) is 2.28. The number of aliphatic hydroxyl groups excluding tert-OH is 1. The number of ketones is 1. The quantitative estimate of drug-likeness (QED) is 0.674. The topological polar surface area (TPSA) is 37.3 Å². The van der Waals surface area contributed by atoms with Crippen molar-refractivity contribution in [2.45, 2.75) is 39.2 Å². The van der Waals surface area contributed by atoms with Crippen molar-refractivity contribution in [1.82, 2.24) is 0 Å². The molecule has 1 N–H and O–H groups in total. The number of aliphatic hydroxyl groups is 1. The van der Waals surface area contributed by atoms with E-state index in [0.717, 1.165) is 17.6 Å². The summed E-state index contributed by atoms with van der Waals surface area (Å²) in [5.41, 5.74) is 1.66. The minimum Gasteiger partial charge on any atom is -0.388 e. The molecule has 72 valence electrons. The van der Waals surface area contributed by atoms with Crippen LogP contribution in [0.15, 0.2) is 23.3 Å². The van der Waals surface area contributed by atoms with Gasteiger partial charge in [-0.3, -0.25) is 4.79 Å². The van der Waals surface area contributed by atoms with Crippen molar-refractivity contribution >= 4 is 5.78 Å². The van der Waals surface area contributed by atoms with Crippen LogP contribution in [0, 0.1) is 0 Å². The summed E-state index contributed by atoms with van der Waals surface area (Å²) >= 11 is 0.